The maximum Gasteiger partial charge on any atom is 0.0639 e. The summed E-state index contributed by atoms with van der Waals surface area (Å²) in [5.74, 6) is 0.741. The average Bonchev–Trinajstić information content (AvgIpc) is 2.46. The van der Waals surface area contributed by atoms with E-state index < -0.39 is 0 Å². The predicted octanol–water partition coefficient (Wildman–Crippen LogP) is 3.08. The summed E-state index contributed by atoms with van der Waals surface area (Å²) >= 11 is 5.92. The highest BCUT2D eigenvalue weighted by Gasteiger charge is 2.20. The zero-order valence-electron chi connectivity index (χ0n) is 13.1. The Balaban J connectivity index is 1.70. The lowest BCUT2D eigenvalue weighted by Crippen LogP contribution is -2.40. The first-order chi connectivity index (χ1) is 10.0. The fourth-order valence-corrected chi connectivity index (χ4v) is 3.09. The van der Waals surface area contributed by atoms with Crippen LogP contribution in [0.1, 0.15) is 38.3 Å². The van der Waals surface area contributed by atoms with Gasteiger partial charge in [-0.15, -0.1) is 0 Å². The van der Waals surface area contributed by atoms with Gasteiger partial charge >= 0.3 is 0 Å². The second-order valence-corrected chi connectivity index (χ2v) is 6.71. The number of piperidine rings is 1. The van der Waals surface area contributed by atoms with Crippen molar-refractivity contribution in [3.05, 3.63) is 34.9 Å². The molecule has 21 heavy (non-hydrogen) atoms. The Labute approximate surface area is 133 Å². The van der Waals surface area contributed by atoms with E-state index in [0.29, 0.717) is 6.04 Å². The van der Waals surface area contributed by atoms with E-state index in [9.17, 15) is 5.11 Å². The largest absolute Gasteiger partial charge is 0.392 e. The van der Waals surface area contributed by atoms with Crippen molar-refractivity contribution in [2.24, 2.45) is 5.92 Å². The van der Waals surface area contributed by atoms with Gasteiger partial charge in [0.25, 0.3) is 0 Å². The topological polar surface area (TPSA) is 35.5 Å². The third-order valence-corrected chi connectivity index (χ3v) is 4.56. The molecule has 1 aliphatic heterocycles. The van der Waals surface area contributed by atoms with Crippen LogP contribution in [0, 0.1) is 5.92 Å². The maximum absolute atomic E-state index is 9.43. The first-order valence-electron chi connectivity index (χ1n) is 7.94. The Morgan fingerprint density at radius 1 is 1.24 bits per heavy atom. The van der Waals surface area contributed by atoms with Crippen molar-refractivity contribution >= 4 is 11.6 Å². The quantitative estimate of drug-likeness (QED) is 0.847. The van der Waals surface area contributed by atoms with Crippen LogP contribution in [0.2, 0.25) is 5.02 Å². The molecule has 0 radical (unpaired) electrons. The smallest absolute Gasteiger partial charge is 0.0639 e. The molecule has 1 saturated heterocycles. The maximum atomic E-state index is 9.43. The van der Waals surface area contributed by atoms with Crippen LogP contribution in [0.15, 0.2) is 24.3 Å². The normalized spacial score (nSPS) is 20.4. The number of nitrogens with zero attached hydrogens (tertiary/aromatic N) is 1. The average molecular weight is 311 g/mol. The van der Waals surface area contributed by atoms with Gasteiger partial charge in [-0.3, -0.25) is 0 Å². The number of aliphatic hydroxyl groups is 1. The summed E-state index contributed by atoms with van der Waals surface area (Å²) in [6.07, 6.45) is 2.21. The van der Waals surface area contributed by atoms with Gasteiger partial charge < -0.3 is 15.3 Å². The summed E-state index contributed by atoms with van der Waals surface area (Å²) in [5, 5.41) is 13.8. The van der Waals surface area contributed by atoms with E-state index in [1.807, 2.05) is 19.1 Å². The number of hydrogen-bond donors (Lipinski definition) is 2. The zero-order chi connectivity index (χ0) is 15.2. The summed E-state index contributed by atoms with van der Waals surface area (Å²) in [6.45, 7) is 8.14. The molecule has 1 heterocycles. The van der Waals surface area contributed by atoms with Crippen molar-refractivity contribution in [2.75, 3.05) is 26.2 Å². The molecule has 2 atom stereocenters. The number of aliphatic hydroxyl groups excluding tert-OH is 1. The van der Waals surface area contributed by atoms with Crippen LogP contribution >= 0.6 is 11.6 Å². The highest BCUT2D eigenvalue weighted by atomic mass is 35.5. The van der Waals surface area contributed by atoms with Crippen molar-refractivity contribution in [2.45, 2.75) is 38.8 Å². The van der Waals surface area contributed by atoms with E-state index in [2.05, 4.69) is 29.3 Å². The first kappa shape index (κ1) is 16.8. The van der Waals surface area contributed by atoms with Crippen LogP contribution in [0.3, 0.4) is 0 Å². The number of β-amino-alcohol motifs (C(OH)–C–C–N with tert-alkyl or cyclic N) is 1. The van der Waals surface area contributed by atoms with Crippen molar-refractivity contribution in [1.29, 1.82) is 0 Å². The molecular formula is C17H27ClN2O. The SMILES string of the molecule is CC(O)CN1CCC(CNC(C)c2ccc(Cl)cc2)CC1. The Morgan fingerprint density at radius 3 is 2.43 bits per heavy atom. The molecule has 0 bridgehead atoms. The molecule has 4 heteroatoms. The second kappa shape index (κ2) is 8.14. The van der Waals surface area contributed by atoms with Crippen LogP contribution in [0.4, 0.5) is 0 Å². The van der Waals surface area contributed by atoms with Gasteiger partial charge in [-0.25, -0.2) is 0 Å². The summed E-state index contributed by atoms with van der Waals surface area (Å²) in [5.41, 5.74) is 1.28. The van der Waals surface area contributed by atoms with Gasteiger partial charge in [0, 0.05) is 17.6 Å². The van der Waals surface area contributed by atoms with E-state index in [4.69, 9.17) is 11.6 Å². The van der Waals surface area contributed by atoms with Crippen LogP contribution in [0.5, 0.6) is 0 Å². The van der Waals surface area contributed by atoms with Gasteiger partial charge in [0.05, 0.1) is 6.10 Å². The minimum Gasteiger partial charge on any atom is -0.392 e. The second-order valence-electron chi connectivity index (χ2n) is 6.27. The summed E-state index contributed by atoms with van der Waals surface area (Å²) in [4.78, 5) is 2.36. The van der Waals surface area contributed by atoms with Crippen LogP contribution in [-0.4, -0.2) is 42.3 Å². The first-order valence-corrected chi connectivity index (χ1v) is 8.31. The Kier molecular flexibility index (Phi) is 6.49. The molecule has 0 saturated carbocycles. The van der Waals surface area contributed by atoms with Crippen molar-refractivity contribution in [3.63, 3.8) is 0 Å². The lowest BCUT2D eigenvalue weighted by molar-refractivity contribution is 0.0994. The molecule has 1 fully saturated rings. The van der Waals surface area contributed by atoms with E-state index in [1.165, 1.54) is 18.4 Å². The van der Waals surface area contributed by atoms with Gasteiger partial charge in [-0.2, -0.15) is 0 Å². The molecule has 2 N–H and O–H groups in total. The number of halogens is 1. The lowest BCUT2D eigenvalue weighted by Gasteiger charge is -2.33. The van der Waals surface area contributed by atoms with Gasteiger partial charge in [0.1, 0.15) is 0 Å². The standard InChI is InChI=1S/C17H27ClN2O/c1-13(21)12-20-9-7-15(8-10-20)11-19-14(2)16-3-5-17(18)6-4-16/h3-6,13-15,19,21H,7-12H2,1-2H3. The predicted molar refractivity (Wildman–Crippen MR) is 88.7 cm³/mol. The van der Waals surface area contributed by atoms with Crippen LogP contribution in [-0.2, 0) is 0 Å². The lowest BCUT2D eigenvalue weighted by atomic mass is 9.96. The number of benzene rings is 1. The number of likely N-dealkylation sites (tertiary alicyclic amines) is 1. The van der Waals surface area contributed by atoms with Crippen LogP contribution < -0.4 is 5.32 Å². The molecule has 0 amide bonds. The van der Waals surface area contributed by atoms with E-state index in [-0.39, 0.29) is 6.10 Å². The van der Waals surface area contributed by atoms with Gasteiger partial charge in [0.2, 0.25) is 0 Å². The third-order valence-electron chi connectivity index (χ3n) is 4.31. The minimum absolute atomic E-state index is 0.218. The van der Waals surface area contributed by atoms with Crippen molar-refractivity contribution < 1.29 is 5.11 Å². The monoisotopic (exact) mass is 310 g/mol. The molecule has 118 valence electrons. The molecular weight excluding hydrogens is 284 g/mol. The van der Waals surface area contributed by atoms with Gasteiger partial charge in [-0.05, 0) is 69.9 Å². The summed E-state index contributed by atoms with van der Waals surface area (Å²) in [6, 6.07) is 8.43. The number of rotatable bonds is 6. The highest BCUT2D eigenvalue weighted by molar-refractivity contribution is 6.30. The molecule has 2 rings (SSSR count). The van der Waals surface area contributed by atoms with Gasteiger partial charge in [0.15, 0.2) is 0 Å². The fourth-order valence-electron chi connectivity index (χ4n) is 2.96. The van der Waals surface area contributed by atoms with Crippen molar-refractivity contribution in [3.8, 4) is 0 Å². The number of nitrogens with one attached hydrogen (secondary N) is 1. The Morgan fingerprint density at radius 2 is 1.86 bits per heavy atom. The molecule has 1 aromatic rings. The van der Waals surface area contributed by atoms with E-state index >= 15 is 0 Å². The molecule has 3 nitrogen and oxygen atoms in total. The van der Waals surface area contributed by atoms with Crippen LogP contribution in [0.25, 0.3) is 0 Å². The minimum atomic E-state index is -0.218. The molecule has 0 spiro atoms. The molecule has 2 unspecified atom stereocenters. The molecule has 0 aromatic heterocycles. The van der Waals surface area contributed by atoms with Crippen molar-refractivity contribution in [1.82, 2.24) is 10.2 Å². The summed E-state index contributed by atoms with van der Waals surface area (Å²) < 4.78 is 0. The van der Waals surface area contributed by atoms with Gasteiger partial charge in [-0.1, -0.05) is 23.7 Å². The van der Waals surface area contributed by atoms with E-state index in [0.717, 1.165) is 37.1 Å². The molecule has 1 aromatic carbocycles. The molecule has 0 aliphatic carbocycles. The molecule has 1 aliphatic rings. The van der Waals surface area contributed by atoms with E-state index in [1.54, 1.807) is 0 Å². The Bertz CT molecular complexity index is 413. The fraction of sp³-hybridized carbons (Fsp3) is 0.647. The number of hydrogen-bond acceptors (Lipinski definition) is 3. The summed E-state index contributed by atoms with van der Waals surface area (Å²) in [7, 11) is 0. The zero-order valence-corrected chi connectivity index (χ0v) is 13.8. The highest BCUT2D eigenvalue weighted by Crippen LogP contribution is 2.19. The Hall–Kier alpha value is -0.610. The third kappa shape index (κ3) is 5.59.